The molecule has 2 aromatic carbocycles. The van der Waals surface area contributed by atoms with E-state index in [1.165, 1.54) is 25.6 Å². The number of benzene rings is 2. The lowest BCUT2D eigenvalue weighted by Gasteiger charge is -2.29. The molecule has 0 unspecified atom stereocenters. The maximum atomic E-state index is 13.6. The maximum absolute atomic E-state index is 13.6. The number of fused-ring (bicyclic) bond motifs is 1. The average molecular weight is 443 g/mol. The van der Waals surface area contributed by atoms with Crippen molar-refractivity contribution in [2.24, 2.45) is 0 Å². The monoisotopic (exact) mass is 442 g/mol. The molecule has 0 bridgehead atoms. The molecule has 8 heteroatoms. The number of likely N-dealkylation sites (N-methyl/N-ethyl adjacent to an activating group) is 1. The zero-order valence-electron chi connectivity index (χ0n) is 18.0. The summed E-state index contributed by atoms with van der Waals surface area (Å²) < 4.78 is 10.8. The minimum atomic E-state index is -1.01. The molecule has 2 aromatic rings. The third-order valence-electron chi connectivity index (χ3n) is 5.13. The second kappa shape index (κ2) is 9.87. The number of amides is 2. The van der Waals surface area contributed by atoms with Gasteiger partial charge in [-0.1, -0.05) is 24.3 Å². The van der Waals surface area contributed by atoms with Gasteiger partial charge >= 0.3 is 5.97 Å². The molecule has 1 aliphatic rings. The molecule has 0 aromatic heterocycles. The molecular weight excluding hydrogens is 416 g/mol. The first-order valence-electron chi connectivity index (χ1n) is 9.91. The Morgan fingerprint density at radius 3 is 2.39 bits per heavy atom. The third kappa shape index (κ3) is 5.19. The second-order valence-corrected chi connectivity index (χ2v) is 8.42. The Balaban J connectivity index is 2.03. The summed E-state index contributed by atoms with van der Waals surface area (Å²) in [6.07, 6.45) is -1.01. The quantitative estimate of drug-likeness (QED) is 0.639. The predicted octanol–water partition coefficient (Wildman–Crippen LogP) is 3.29. The van der Waals surface area contributed by atoms with E-state index >= 15 is 0 Å². The van der Waals surface area contributed by atoms with Crippen LogP contribution in [0.15, 0.2) is 53.4 Å². The number of carbonyl (C=O) groups excluding carboxylic acids is 3. The molecule has 164 valence electrons. The number of hydrogen-bond donors (Lipinski definition) is 0. The van der Waals surface area contributed by atoms with E-state index < -0.39 is 17.3 Å². The van der Waals surface area contributed by atoms with Gasteiger partial charge in [-0.05, 0) is 29.8 Å². The van der Waals surface area contributed by atoms with E-state index in [0.29, 0.717) is 18.8 Å². The number of para-hydroxylation sites is 1. The molecule has 0 N–H and O–H groups in total. The molecule has 31 heavy (non-hydrogen) atoms. The largest absolute Gasteiger partial charge is 0.497 e. The number of anilines is 1. The van der Waals surface area contributed by atoms with Gasteiger partial charge in [-0.25, -0.2) is 0 Å². The molecule has 3 rings (SSSR count). The molecular formula is C23H26N2O5S. The lowest BCUT2D eigenvalue weighted by molar-refractivity contribution is -0.152. The van der Waals surface area contributed by atoms with Crippen LogP contribution in [-0.4, -0.2) is 56.0 Å². The van der Waals surface area contributed by atoms with Gasteiger partial charge in [-0.3, -0.25) is 14.4 Å². The van der Waals surface area contributed by atoms with Crippen molar-refractivity contribution in [2.75, 3.05) is 32.1 Å². The number of nitrogens with zero attached hydrogens (tertiary/aromatic N) is 2. The van der Waals surface area contributed by atoms with Crippen LogP contribution in [0.2, 0.25) is 0 Å². The third-order valence-corrected chi connectivity index (χ3v) is 6.50. The number of ether oxygens (including phenoxy) is 2. The molecule has 0 saturated heterocycles. The van der Waals surface area contributed by atoms with Crippen molar-refractivity contribution in [3.63, 3.8) is 0 Å². The zero-order chi connectivity index (χ0) is 22.5. The van der Waals surface area contributed by atoms with Gasteiger partial charge in [0.05, 0.1) is 18.0 Å². The first kappa shape index (κ1) is 22.7. The number of methoxy groups -OCH3 is 1. The fourth-order valence-corrected chi connectivity index (χ4v) is 4.66. The molecule has 0 spiro atoms. The van der Waals surface area contributed by atoms with Crippen LogP contribution in [0.3, 0.4) is 0 Å². The Labute approximate surface area is 186 Å². The first-order chi connectivity index (χ1) is 14.8. The predicted molar refractivity (Wildman–Crippen MR) is 119 cm³/mol. The van der Waals surface area contributed by atoms with Gasteiger partial charge < -0.3 is 19.3 Å². The fraction of sp³-hybridized carbons (Fsp3) is 0.348. The number of thioether (sulfide) groups is 1. The number of hydrogen-bond acceptors (Lipinski definition) is 6. The molecule has 0 radical (unpaired) electrons. The van der Waals surface area contributed by atoms with Crippen LogP contribution in [0.1, 0.15) is 24.7 Å². The summed E-state index contributed by atoms with van der Waals surface area (Å²) in [6, 6.07) is 15.0. The Kier molecular flexibility index (Phi) is 7.22. The Bertz CT molecular complexity index is 963. The summed E-state index contributed by atoms with van der Waals surface area (Å²) >= 11 is 1.48. The zero-order valence-corrected chi connectivity index (χ0v) is 18.8. The van der Waals surface area contributed by atoms with Gasteiger partial charge in [0.1, 0.15) is 5.75 Å². The van der Waals surface area contributed by atoms with Crippen LogP contribution in [0.5, 0.6) is 5.75 Å². The summed E-state index contributed by atoms with van der Waals surface area (Å²) in [4.78, 5) is 41.3. The number of rotatable bonds is 6. The molecule has 2 amide bonds. The van der Waals surface area contributed by atoms with E-state index in [1.807, 2.05) is 48.5 Å². The summed E-state index contributed by atoms with van der Waals surface area (Å²) in [5.41, 5.74) is 1.59. The average Bonchev–Trinajstić information content (AvgIpc) is 2.87. The van der Waals surface area contributed by atoms with Gasteiger partial charge in [0.2, 0.25) is 5.91 Å². The lowest BCUT2D eigenvalue weighted by Crippen LogP contribution is -2.45. The molecule has 0 aliphatic carbocycles. The van der Waals surface area contributed by atoms with Gasteiger partial charge in [-0.15, -0.1) is 11.8 Å². The van der Waals surface area contributed by atoms with Crippen molar-refractivity contribution in [3.05, 3.63) is 54.1 Å². The van der Waals surface area contributed by atoms with Crippen molar-refractivity contribution in [3.8, 4) is 5.75 Å². The smallest absolute Gasteiger partial charge is 0.303 e. The van der Waals surface area contributed by atoms with Crippen molar-refractivity contribution in [2.45, 2.75) is 30.1 Å². The van der Waals surface area contributed by atoms with E-state index in [1.54, 1.807) is 24.0 Å². The van der Waals surface area contributed by atoms with E-state index in [-0.39, 0.29) is 11.8 Å². The van der Waals surface area contributed by atoms with Gasteiger partial charge in [0.15, 0.2) is 6.10 Å². The SMILES string of the molecule is COc1ccc([C@@H]2Sc3ccccc3N(CCN(C)C(C)=O)C(=O)[C@@H]2OC(C)=O)cc1. The highest BCUT2D eigenvalue weighted by atomic mass is 32.2. The molecule has 0 fully saturated rings. The Morgan fingerprint density at radius 2 is 1.77 bits per heavy atom. The normalized spacial score (nSPS) is 18.1. The Hall–Kier alpha value is -3.00. The van der Waals surface area contributed by atoms with Gasteiger partial charge in [-0.2, -0.15) is 0 Å². The highest BCUT2D eigenvalue weighted by molar-refractivity contribution is 7.99. The van der Waals surface area contributed by atoms with Crippen LogP contribution in [0, 0.1) is 0 Å². The second-order valence-electron chi connectivity index (χ2n) is 7.24. The fourth-order valence-electron chi connectivity index (χ4n) is 3.35. The van der Waals surface area contributed by atoms with Gasteiger partial charge in [0, 0.05) is 38.9 Å². The number of carbonyl (C=O) groups is 3. The van der Waals surface area contributed by atoms with E-state index in [9.17, 15) is 14.4 Å². The summed E-state index contributed by atoms with van der Waals surface area (Å²) in [6.45, 7) is 3.43. The van der Waals surface area contributed by atoms with Crippen LogP contribution in [-0.2, 0) is 19.1 Å². The first-order valence-corrected chi connectivity index (χ1v) is 10.8. The lowest BCUT2D eigenvalue weighted by atomic mass is 10.1. The van der Waals surface area contributed by atoms with E-state index in [4.69, 9.17) is 9.47 Å². The van der Waals surface area contributed by atoms with Crippen molar-refractivity contribution in [1.29, 1.82) is 0 Å². The van der Waals surface area contributed by atoms with Crippen LogP contribution in [0.25, 0.3) is 0 Å². The summed E-state index contributed by atoms with van der Waals surface area (Å²) in [5, 5.41) is -0.431. The van der Waals surface area contributed by atoms with E-state index in [2.05, 4.69) is 0 Å². The topological polar surface area (TPSA) is 76.2 Å². The minimum Gasteiger partial charge on any atom is -0.497 e. The van der Waals surface area contributed by atoms with Crippen LogP contribution in [0.4, 0.5) is 5.69 Å². The summed E-state index contributed by atoms with van der Waals surface area (Å²) in [5.74, 6) is -0.223. The molecule has 1 heterocycles. The maximum Gasteiger partial charge on any atom is 0.303 e. The summed E-state index contributed by atoms with van der Waals surface area (Å²) in [7, 11) is 3.28. The number of esters is 1. The van der Waals surface area contributed by atoms with Crippen molar-refractivity contribution in [1.82, 2.24) is 4.90 Å². The van der Waals surface area contributed by atoms with Gasteiger partial charge in [0.25, 0.3) is 5.91 Å². The van der Waals surface area contributed by atoms with Crippen molar-refractivity contribution >= 4 is 35.2 Å². The van der Waals surface area contributed by atoms with Crippen molar-refractivity contribution < 1.29 is 23.9 Å². The molecule has 0 saturated carbocycles. The standard InChI is InChI=1S/C23H26N2O5S/c1-15(26)24(3)13-14-25-19-7-5-6-8-20(19)31-22(21(23(25)28)30-16(2)27)17-9-11-18(29-4)12-10-17/h5-12,21-22H,13-14H2,1-4H3/t21-,22+/m1/s1. The highest BCUT2D eigenvalue weighted by Crippen LogP contribution is 2.46. The van der Waals surface area contributed by atoms with E-state index in [0.717, 1.165) is 16.1 Å². The Morgan fingerprint density at radius 1 is 1.10 bits per heavy atom. The van der Waals surface area contributed by atoms with Crippen LogP contribution >= 0.6 is 11.8 Å². The molecule has 7 nitrogen and oxygen atoms in total. The highest BCUT2D eigenvalue weighted by Gasteiger charge is 2.40. The molecule has 2 atom stereocenters. The molecule has 1 aliphatic heterocycles. The minimum absolute atomic E-state index is 0.0856. The van der Waals surface area contributed by atoms with Crippen LogP contribution < -0.4 is 9.64 Å².